The second kappa shape index (κ2) is 5.38. The van der Waals surface area contributed by atoms with Crippen molar-refractivity contribution in [3.63, 3.8) is 0 Å². The molecule has 0 aliphatic carbocycles. The van der Waals surface area contributed by atoms with E-state index in [-0.39, 0.29) is 13.3 Å². The molecule has 0 aliphatic heterocycles. The third-order valence-corrected chi connectivity index (χ3v) is 0.947. The first kappa shape index (κ1) is 11.7. The normalized spacial score (nSPS) is 10.3. The molecule has 0 unspecified atom stereocenters. The van der Waals surface area contributed by atoms with Crippen LogP contribution in [0.25, 0.3) is 4.85 Å². The number of ether oxygens (including phenoxy) is 1. The molecule has 0 spiro atoms. The monoisotopic (exact) mass is 185 g/mol. The van der Waals surface area contributed by atoms with Crippen molar-refractivity contribution in [2.75, 3.05) is 13.3 Å². The van der Waals surface area contributed by atoms with Crippen molar-refractivity contribution in [3.8, 4) is 0 Å². The Hall–Kier alpha value is -1.28. The Bertz CT molecular complexity index is 202. The standard InChI is InChI=1S/C8H15N3O2/c1-8(2,3)13-7(12)11-6-10-5-9-4/h10H,5-6H2,1-3H3,(H,11,12). The van der Waals surface area contributed by atoms with Crippen LogP contribution in [0.4, 0.5) is 4.79 Å². The number of alkyl carbamates (subject to hydrolysis) is 1. The number of rotatable bonds is 3. The van der Waals surface area contributed by atoms with E-state index in [0.29, 0.717) is 0 Å². The van der Waals surface area contributed by atoms with Crippen LogP contribution in [-0.4, -0.2) is 25.0 Å². The SMILES string of the molecule is [C-]#[N+]CNCNC(=O)OC(C)(C)C. The molecule has 1 amide bonds. The van der Waals surface area contributed by atoms with Gasteiger partial charge in [-0.15, -0.1) is 0 Å². The van der Waals surface area contributed by atoms with Crippen LogP contribution in [-0.2, 0) is 4.74 Å². The zero-order valence-corrected chi connectivity index (χ0v) is 8.18. The fraction of sp³-hybridized carbons (Fsp3) is 0.750. The number of carbonyl (C=O) groups is 1. The zero-order chi connectivity index (χ0) is 10.3. The van der Waals surface area contributed by atoms with Gasteiger partial charge in [-0.3, -0.25) is 4.85 Å². The van der Waals surface area contributed by atoms with E-state index in [9.17, 15) is 4.79 Å². The lowest BCUT2D eigenvalue weighted by molar-refractivity contribution is 0.0524. The third-order valence-electron chi connectivity index (χ3n) is 0.947. The van der Waals surface area contributed by atoms with Crippen molar-refractivity contribution >= 4 is 6.09 Å². The van der Waals surface area contributed by atoms with Crippen LogP contribution in [0, 0.1) is 6.57 Å². The Morgan fingerprint density at radius 1 is 1.54 bits per heavy atom. The minimum Gasteiger partial charge on any atom is -0.444 e. The van der Waals surface area contributed by atoms with E-state index in [2.05, 4.69) is 15.5 Å². The summed E-state index contributed by atoms with van der Waals surface area (Å²) in [4.78, 5) is 14.0. The lowest BCUT2D eigenvalue weighted by Gasteiger charge is -2.19. The molecule has 0 saturated heterocycles. The zero-order valence-electron chi connectivity index (χ0n) is 8.18. The van der Waals surface area contributed by atoms with Gasteiger partial charge in [-0.25, -0.2) is 16.7 Å². The minimum atomic E-state index is -0.482. The van der Waals surface area contributed by atoms with Crippen LogP contribution >= 0.6 is 0 Å². The maximum absolute atomic E-state index is 11.0. The van der Waals surface area contributed by atoms with Gasteiger partial charge in [-0.05, 0) is 20.8 Å². The van der Waals surface area contributed by atoms with Gasteiger partial charge < -0.3 is 10.1 Å². The smallest absolute Gasteiger partial charge is 0.408 e. The van der Waals surface area contributed by atoms with Gasteiger partial charge >= 0.3 is 6.09 Å². The van der Waals surface area contributed by atoms with E-state index < -0.39 is 11.7 Å². The van der Waals surface area contributed by atoms with Crippen LogP contribution in [0.1, 0.15) is 20.8 Å². The Balaban J connectivity index is 3.48. The molecule has 0 bridgehead atoms. The summed E-state index contributed by atoms with van der Waals surface area (Å²) in [6.07, 6.45) is -0.481. The first-order valence-electron chi connectivity index (χ1n) is 3.96. The molecule has 5 nitrogen and oxygen atoms in total. The largest absolute Gasteiger partial charge is 0.444 e. The van der Waals surface area contributed by atoms with E-state index in [1.165, 1.54) is 0 Å². The molecule has 0 heterocycles. The molecule has 0 rings (SSSR count). The molecule has 0 aliphatic rings. The topological polar surface area (TPSA) is 54.7 Å². The number of amides is 1. The predicted molar refractivity (Wildman–Crippen MR) is 48.8 cm³/mol. The number of nitrogens with zero attached hydrogens (tertiary/aromatic N) is 1. The summed E-state index contributed by atoms with van der Waals surface area (Å²) in [5, 5.41) is 5.14. The Labute approximate surface area is 78.3 Å². The van der Waals surface area contributed by atoms with Crippen molar-refractivity contribution in [2.24, 2.45) is 0 Å². The van der Waals surface area contributed by atoms with Crippen LogP contribution in [0.2, 0.25) is 0 Å². The highest BCUT2D eigenvalue weighted by molar-refractivity contribution is 5.67. The number of hydrogen-bond acceptors (Lipinski definition) is 3. The van der Waals surface area contributed by atoms with Crippen molar-refractivity contribution in [1.82, 2.24) is 10.6 Å². The van der Waals surface area contributed by atoms with Crippen LogP contribution in [0.15, 0.2) is 0 Å². The maximum atomic E-state index is 11.0. The van der Waals surface area contributed by atoms with Gasteiger partial charge in [-0.1, -0.05) is 0 Å². The third kappa shape index (κ3) is 8.63. The van der Waals surface area contributed by atoms with E-state index >= 15 is 0 Å². The molecular weight excluding hydrogens is 170 g/mol. The number of carbonyl (C=O) groups excluding carboxylic acids is 1. The average Bonchev–Trinajstić information content (AvgIpc) is 1.94. The van der Waals surface area contributed by atoms with Crippen LogP contribution in [0.5, 0.6) is 0 Å². The first-order valence-corrected chi connectivity index (χ1v) is 3.96. The van der Waals surface area contributed by atoms with E-state index in [1.807, 2.05) is 0 Å². The lowest BCUT2D eigenvalue weighted by Crippen LogP contribution is -2.37. The second-order valence-electron chi connectivity index (χ2n) is 3.42. The Morgan fingerprint density at radius 3 is 2.62 bits per heavy atom. The second-order valence-corrected chi connectivity index (χ2v) is 3.42. The van der Waals surface area contributed by atoms with Gasteiger partial charge in [0.2, 0.25) is 0 Å². The van der Waals surface area contributed by atoms with Crippen molar-refractivity contribution in [2.45, 2.75) is 26.4 Å². The summed E-state index contributed by atoms with van der Waals surface area (Å²) in [6.45, 7) is 12.3. The summed E-state index contributed by atoms with van der Waals surface area (Å²) < 4.78 is 4.95. The van der Waals surface area contributed by atoms with Crippen LogP contribution in [0.3, 0.4) is 0 Å². The van der Waals surface area contributed by atoms with Crippen molar-refractivity contribution < 1.29 is 9.53 Å². The Morgan fingerprint density at radius 2 is 2.15 bits per heavy atom. The van der Waals surface area contributed by atoms with Crippen molar-refractivity contribution in [1.29, 1.82) is 0 Å². The molecule has 74 valence electrons. The summed E-state index contributed by atoms with van der Waals surface area (Å²) in [6, 6.07) is 0. The van der Waals surface area contributed by atoms with E-state index in [4.69, 9.17) is 11.3 Å². The molecule has 0 atom stereocenters. The molecule has 0 aromatic carbocycles. The first-order chi connectivity index (χ1) is 5.95. The molecule has 5 heteroatoms. The van der Waals surface area contributed by atoms with Gasteiger partial charge in [0.25, 0.3) is 6.67 Å². The summed E-state index contributed by atoms with van der Waals surface area (Å²) >= 11 is 0. The molecule has 2 N–H and O–H groups in total. The van der Waals surface area contributed by atoms with E-state index in [0.717, 1.165) is 0 Å². The average molecular weight is 185 g/mol. The molecule has 0 fully saturated rings. The number of nitrogens with one attached hydrogen (secondary N) is 2. The minimum absolute atomic E-state index is 0.190. The maximum Gasteiger partial charge on any atom is 0.408 e. The summed E-state index contributed by atoms with van der Waals surface area (Å²) in [7, 11) is 0. The Kier molecular flexibility index (Phi) is 4.85. The molecule has 0 aromatic rings. The quantitative estimate of drug-likeness (QED) is 0.391. The fourth-order valence-corrected chi connectivity index (χ4v) is 0.561. The van der Waals surface area contributed by atoms with Crippen molar-refractivity contribution in [3.05, 3.63) is 11.4 Å². The molecule has 0 radical (unpaired) electrons. The lowest BCUT2D eigenvalue weighted by atomic mass is 10.2. The van der Waals surface area contributed by atoms with Gasteiger partial charge in [0, 0.05) is 0 Å². The molecular formula is C8H15N3O2. The molecule has 13 heavy (non-hydrogen) atoms. The van der Waals surface area contributed by atoms with E-state index in [1.54, 1.807) is 20.8 Å². The van der Waals surface area contributed by atoms with Gasteiger partial charge in [0.1, 0.15) is 5.60 Å². The highest BCUT2D eigenvalue weighted by atomic mass is 16.6. The highest BCUT2D eigenvalue weighted by Crippen LogP contribution is 2.05. The van der Waals surface area contributed by atoms with Gasteiger partial charge in [-0.2, -0.15) is 0 Å². The van der Waals surface area contributed by atoms with Gasteiger partial charge in [0.05, 0.1) is 6.67 Å². The molecule has 0 aromatic heterocycles. The van der Waals surface area contributed by atoms with Crippen LogP contribution < -0.4 is 10.6 Å². The molecule has 0 saturated carbocycles. The fourth-order valence-electron chi connectivity index (χ4n) is 0.561. The summed E-state index contributed by atoms with van der Waals surface area (Å²) in [5.74, 6) is 0. The predicted octanol–water partition coefficient (Wildman–Crippen LogP) is 0.935. The highest BCUT2D eigenvalue weighted by Gasteiger charge is 2.15. The number of hydrogen-bond donors (Lipinski definition) is 2. The van der Waals surface area contributed by atoms with Gasteiger partial charge in [0.15, 0.2) is 0 Å². The summed E-state index contributed by atoms with van der Waals surface area (Å²) in [5.41, 5.74) is -0.482.